The lowest BCUT2D eigenvalue weighted by atomic mass is 10.0. The third-order valence-corrected chi connectivity index (χ3v) is 3.59. The van der Waals surface area contributed by atoms with E-state index in [1.807, 2.05) is 38.1 Å². The normalized spacial score (nSPS) is 10.6. The van der Waals surface area contributed by atoms with E-state index in [-0.39, 0.29) is 18.0 Å². The third kappa shape index (κ3) is 3.19. The second-order valence-corrected chi connectivity index (χ2v) is 5.39. The Kier molecular flexibility index (Phi) is 4.65. The molecule has 0 bridgehead atoms. The van der Waals surface area contributed by atoms with E-state index >= 15 is 0 Å². The summed E-state index contributed by atoms with van der Waals surface area (Å²) in [5, 5.41) is 10.1. The van der Waals surface area contributed by atoms with Crippen molar-refractivity contribution >= 4 is 5.91 Å². The van der Waals surface area contributed by atoms with Crippen LogP contribution in [0.3, 0.4) is 0 Å². The van der Waals surface area contributed by atoms with E-state index < -0.39 is 11.5 Å². The van der Waals surface area contributed by atoms with Crippen LogP contribution in [0.5, 0.6) is 5.88 Å². The summed E-state index contributed by atoms with van der Waals surface area (Å²) in [4.78, 5) is 24.1. The van der Waals surface area contributed by atoms with Gasteiger partial charge < -0.3 is 10.8 Å². The minimum atomic E-state index is -0.758. The van der Waals surface area contributed by atoms with E-state index in [1.165, 1.54) is 10.6 Å². The van der Waals surface area contributed by atoms with Crippen LogP contribution in [0, 0.1) is 6.92 Å². The predicted molar refractivity (Wildman–Crippen MR) is 85.2 cm³/mol. The molecule has 0 atom stereocenters. The quantitative estimate of drug-likeness (QED) is 0.885. The van der Waals surface area contributed by atoms with Crippen molar-refractivity contribution in [1.29, 1.82) is 0 Å². The highest BCUT2D eigenvalue weighted by Crippen LogP contribution is 2.17. The molecular weight excluding hydrogens is 280 g/mol. The number of carbonyl (C=O) groups is 1. The second kappa shape index (κ2) is 6.47. The van der Waals surface area contributed by atoms with Gasteiger partial charge in [0, 0.05) is 6.07 Å². The second-order valence-electron chi connectivity index (χ2n) is 5.39. The molecule has 0 aliphatic heterocycles. The van der Waals surface area contributed by atoms with Gasteiger partial charge in [0.2, 0.25) is 0 Å². The number of aryl methyl sites for hydroxylation is 2. The van der Waals surface area contributed by atoms with Crippen molar-refractivity contribution in [3.63, 3.8) is 0 Å². The molecule has 0 radical (unpaired) electrons. The third-order valence-electron chi connectivity index (χ3n) is 3.59. The number of benzene rings is 1. The van der Waals surface area contributed by atoms with E-state index in [9.17, 15) is 14.7 Å². The Bertz CT molecular complexity index is 746. The number of nitrogens with two attached hydrogens (primary N) is 1. The lowest BCUT2D eigenvalue weighted by Gasteiger charge is -2.13. The maximum absolute atomic E-state index is 12.5. The summed E-state index contributed by atoms with van der Waals surface area (Å²) in [5.74, 6) is -0.912. The summed E-state index contributed by atoms with van der Waals surface area (Å²) in [6.07, 6.45) is 1.27. The number of hydrogen-bond acceptors (Lipinski definition) is 3. The Hall–Kier alpha value is -2.56. The van der Waals surface area contributed by atoms with Gasteiger partial charge in [-0.3, -0.25) is 14.2 Å². The van der Waals surface area contributed by atoms with Crippen molar-refractivity contribution < 1.29 is 9.90 Å². The number of aromatic hydroxyl groups is 1. The Balaban J connectivity index is 2.52. The first kappa shape index (κ1) is 15.8. The highest BCUT2D eigenvalue weighted by atomic mass is 16.3. The van der Waals surface area contributed by atoms with Crippen LogP contribution in [-0.2, 0) is 13.0 Å². The summed E-state index contributed by atoms with van der Waals surface area (Å²) < 4.78 is 1.17. The fourth-order valence-corrected chi connectivity index (χ4v) is 2.44. The molecule has 1 aromatic carbocycles. The van der Waals surface area contributed by atoms with Crippen LogP contribution in [0.25, 0.3) is 0 Å². The number of aromatic nitrogens is 1. The first-order valence-electron chi connectivity index (χ1n) is 7.25. The first-order valence-corrected chi connectivity index (χ1v) is 7.25. The van der Waals surface area contributed by atoms with Gasteiger partial charge in [0.15, 0.2) is 5.88 Å². The maximum Gasteiger partial charge on any atom is 0.266 e. The fraction of sp³-hybridized carbons (Fsp3) is 0.294. The molecule has 1 heterocycles. The number of hydrogen-bond donors (Lipinski definition) is 2. The number of rotatable bonds is 5. The number of pyridine rings is 1. The highest BCUT2D eigenvalue weighted by molar-refractivity contribution is 5.94. The fourth-order valence-electron chi connectivity index (χ4n) is 2.44. The molecule has 116 valence electrons. The van der Waals surface area contributed by atoms with Gasteiger partial charge in [-0.1, -0.05) is 43.2 Å². The number of nitrogens with zero attached hydrogens (tertiary/aromatic N) is 1. The highest BCUT2D eigenvalue weighted by Gasteiger charge is 2.18. The van der Waals surface area contributed by atoms with Gasteiger partial charge in [-0.25, -0.2) is 0 Å². The molecule has 1 aromatic heterocycles. The molecule has 0 aliphatic rings. The monoisotopic (exact) mass is 300 g/mol. The van der Waals surface area contributed by atoms with Crippen LogP contribution in [0.2, 0.25) is 0 Å². The van der Waals surface area contributed by atoms with E-state index in [1.54, 1.807) is 0 Å². The Labute approximate surface area is 129 Å². The Morgan fingerprint density at radius 3 is 2.45 bits per heavy atom. The van der Waals surface area contributed by atoms with Crippen LogP contribution in [0.15, 0.2) is 35.1 Å². The van der Waals surface area contributed by atoms with Crippen molar-refractivity contribution in [1.82, 2.24) is 4.57 Å². The van der Waals surface area contributed by atoms with Gasteiger partial charge in [0.1, 0.15) is 5.56 Å². The van der Waals surface area contributed by atoms with Gasteiger partial charge in [0.25, 0.3) is 11.5 Å². The lowest BCUT2D eigenvalue weighted by Crippen LogP contribution is -2.31. The molecule has 0 saturated heterocycles. The van der Waals surface area contributed by atoms with E-state index in [0.717, 1.165) is 17.5 Å². The van der Waals surface area contributed by atoms with Crippen molar-refractivity contribution in [2.75, 3.05) is 0 Å². The van der Waals surface area contributed by atoms with Crippen LogP contribution in [-0.4, -0.2) is 15.6 Å². The molecule has 2 rings (SSSR count). The molecule has 0 spiro atoms. The average Bonchev–Trinajstić information content (AvgIpc) is 2.45. The molecule has 22 heavy (non-hydrogen) atoms. The van der Waals surface area contributed by atoms with Gasteiger partial charge in [0.05, 0.1) is 6.54 Å². The molecule has 0 aliphatic carbocycles. The number of carbonyl (C=O) groups excluding carboxylic acids is 1. The summed E-state index contributed by atoms with van der Waals surface area (Å²) in [6, 6.07) is 9.07. The van der Waals surface area contributed by atoms with Crippen molar-refractivity contribution in [3.05, 3.63) is 62.9 Å². The minimum absolute atomic E-state index is 0.0354. The van der Waals surface area contributed by atoms with E-state index in [4.69, 9.17) is 5.73 Å². The van der Waals surface area contributed by atoms with Crippen LogP contribution in [0.4, 0.5) is 0 Å². The molecule has 0 fully saturated rings. The summed E-state index contributed by atoms with van der Waals surface area (Å²) in [5.41, 5.74) is 7.23. The van der Waals surface area contributed by atoms with Gasteiger partial charge in [-0.2, -0.15) is 0 Å². The van der Waals surface area contributed by atoms with Gasteiger partial charge in [-0.15, -0.1) is 0 Å². The summed E-state index contributed by atoms with van der Waals surface area (Å²) in [7, 11) is 0. The zero-order valence-corrected chi connectivity index (χ0v) is 12.8. The number of primary amides is 1. The molecular formula is C17H20N2O3. The zero-order chi connectivity index (χ0) is 16.3. The first-order chi connectivity index (χ1) is 10.4. The molecule has 3 N–H and O–H groups in total. The largest absolute Gasteiger partial charge is 0.494 e. The van der Waals surface area contributed by atoms with E-state index in [2.05, 4.69) is 0 Å². The summed E-state index contributed by atoms with van der Waals surface area (Å²) >= 11 is 0. The molecule has 5 nitrogen and oxygen atoms in total. The zero-order valence-electron chi connectivity index (χ0n) is 12.8. The smallest absolute Gasteiger partial charge is 0.266 e. The van der Waals surface area contributed by atoms with Crippen LogP contribution in [0.1, 0.15) is 40.4 Å². The van der Waals surface area contributed by atoms with Gasteiger partial charge in [-0.05, 0) is 24.5 Å². The van der Waals surface area contributed by atoms with Crippen molar-refractivity contribution in [2.24, 2.45) is 5.73 Å². The molecule has 0 unspecified atom stereocenters. The molecule has 0 saturated carbocycles. The standard InChI is InChI=1S/C17H20N2O3/c1-3-4-13-9-14(20)19(17(22)15(13)16(18)21)10-12-7-5-11(2)6-8-12/h5-9,20H,3-4,10H2,1-2H3,(H2,18,21). The lowest BCUT2D eigenvalue weighted by molar-refractivity contribution is 0.0997. The Morgan fingerprint density at radius 1 is 1.27 bits per heavy atom. The van der Waals surface area contributed by atoms with E-state index in [0.29, 0.717) is 12.0 Å². The van der Waals surface area contributed by atoms with Crippen LogP contribution < -0.4 is 11.3 Å². The Morgan fingerprint density at radius 2 is 1.91 bits per heavy atom. The summed E-state index contributed by atoms with van der Waals surface area (Å²) in [6.45, 7) is 4.09. The topological polar surface area (TPSA) is 85.3 Å². The predicted octanol–water partition coefficient (Wildman–Crippen LogP) is 1.96. The molecule has 1 amide bonds. The average molecular weight is 300 g/mol. The molecule has 5 heteroatoms. The van der Waals surface area contributed by atoms with Crippen molar-refractivity contribution in [3.8, 4) is 5.88 Å². The van der Waals surface area contributed by atoms with Crippen molar-refractivity contribution in [2.45, 2.75) is 33.2 Å². The van der Waals surface area contributed by atoms with Gasteiger partial charge >= 0.3 is 0 Å². The van der Waals surface area contributed by atoms with Crippen LogP contribution >= 0.6 is 0 Å². The number of amides is 1. The maximum atomic E-state index is 12.5. The molecule has 2 aromatic rings. The SMILES string of the molecule is CCCc1cc(O)n(Cc2ccc(C)cc2)c(=O)c1C(N)=O. The minimum Gasteiger partial charge on any atom is -0.494 e.